The molecule has 1 atom stereocenters. The number of hydrogen-bond donors (Lipinski definition) is 0. The average Bonchev–Trinajstić information content (AvgIpc) is 2.33. The molecule has 1 unspecified atom stereocenters. The predicted molar refractivity (Wildman–Crippen MR) is 66.4 cm³/mol. The topological polar surface area (TPSA) is 3.24 Å². The highest BCUT2D eigenvalue weighted by molar-refractivity contribution is 14.2. The molecule has 0 N–H and O–H groups in total. The van der Waals surface area contributed by atoms with Crippen molar-refractivity contribution in [3.8, 4) is 0 Å². The lowest BCUT2D eigenvalue weighted by Gasteiger charge is -2.12. The number of anilines is 1. The summed E-state index contributed by atoms with van der Waals surface area (Å²) in [7, 11) is 2.10. The molecule has 1 aliphatic heterocycles. The third kappa shape index (κ3) is 1.18. The quantitative estimate of drug-likeness (QED) is 0.403. The molecule has 0 saturated carbocycles. The molecule has 0 spiro atoms. The van der Waals surface area contributed by atoms with Crippen LogP contribution in [0.15, 0.2) is 24.3 Å². The van der Waals surface area contributed by atoms with Gasteiger partial charge in [0.2, 0.25) is 0 Å². The Labute approximate surface area is 91.4 Å². The first-order chi connectivity index (χ1) is 5.72. The third-order valence-corrected chi connectivity index (χ3v) is 7.55. The van der Waals surface area contributed by atoms with Crippen LogP contribution in [0.2, 0.25) is 0 Å². The summed E-state index contributed by atoms with van der Waals surface area (Å²) in [5.74, 6) is 0. The molecule has 0 aromatic heterocycles. The van der Waals surface area contributed by atoms with Gasteiger partial charge in [-0.3, -0.25) is 0 Å². The summed E-state index contributed by atoms with van der Waals surface area (Å²) in [6.45, 7) is 0. The molecule has 0 radical (unpaired) electrons. The third-order valence-electron chi connectivity index (χ3n) is 1.84. The fraction of sp³-hybridized carbons (Fsp3) is 0.125. The minimum Gasteiger partial charge on any atom is -0.315 e. The second kappa shape index (κ2) is 3.20. The maximum absolute atomic E-state index is 6.17. The van der Waals surface area contributed by atoms with Crippen LogP contribution in [0.4, 0.5) is 5.69 Å². The van der Waals surface area contributed by atoms with Gasteiger partial charge >= 0.3 is 0 Å². The summed E-state index contributed by atoms with van der Waals surface area (Å²) in [4.78, 5) is 0. The number of nitrogens with zero attached hydrogens (tertiary/aromatic N) is 1. The Morgan fingerprint density at radius 1 is 1.42 bits per heavy atom. The lowest BCUT2D eigenvalue weighted by molar-refractivity contribution is 1.37. The molecule has 1 aliphatic rings. The fourth-order valence-electron chi connectivity index (χ4n) is 1.21. The second-order valence-corrected chi connectivity index (χ2v) is 7.06. The van der Waals surface area contributed by atoms with E-state index in [4.69, 9.17) is 11.6 Å². The van der Waals surface area contributed by atoms with Gasteiger partial charge in [-0.25, -0.2) is 0 Å². The summed E-state index contributed by atoms with van der Waals surface area (Å²) < 4.78 is 3.17. The van der Waals surface area contributed by atoms with E-state index >= 15 is 0 Å². The van der Waals surface area contributed by atoms with Crippen molar-refractivity contribution < 1.29 is 0 Å². The fourth-order valence-corrected chi connectivity index (χ4v) is 3.96. The van der Waals surface area contributed by atoms with Crippen molar-refractivity contribution in [2.45, 2.75) is 0 Å². The van der Waals surface area contributed by atoms with Gasteiger partial charge in [0.15, 0.2) is 0 Å². The van der Waals surface area contributed by atoms with E-state index in [1.54, 1.807) is 0 Å². The van der Waals surface area contributed by atoms with Gasteiger partial charge in [0.25, 0.3) is 0 Å². The highest BCUT2D eigenvalue weighted by Gasteiger charge is 2.21. The Morgan fingerprint density at radius 2 is 2.08 bits per heavy atom. The molecule has 4 heteroatoms. The van der Waals surface area contributed by atoms with E-state index in [2.05, 4.69) is 44.7 Å². The zero-order valence-corrected chi connectivity index (χ0v) is 10.2. The lowest BCUT2D eigenvalue weighted by atomic mass is 10.2. The highest BCUT2D eigenvalue weighted by Crippen LogP contribution is 2.45. The van der Waals surface area contributed by atoms with Crippen LogP contribution in [0.25, 0.3) is 0 Å². The van der Waals surface area contributed by atoms with Crippen LogP contribution in [0.3, 0.4) is 0 Å². The highest BCUT2D eigenvalue weighted by atomic mass is 127. The Morgan fingerprint density at radius 3 is 2.75 bits per heavy atom. The van der Waals surface area contributed by atoms with Crippen LogP contribution in [0, 0.1) is 0 Å². The molecule has 0 saturated heterocycles. The smallest absolute Gasteiger partial charge is 0.102 e. The van der Waals surface area contributed by atoms with Crippen molar-refractivity contribution in [3.05, 3.63) is 29.8 Å². The van der Waals surface area contributed by atoms with E-state index in [9.17, 15) is 0 Å². The number of rotatable bonds is 0. The molecule has 1 nitrogen and oxygen atoms in total. The van der Waals surface area contributed by atoms with Gasteiger partial charge in [-0.1, -0.05) is 29.8 Å². The largest absolute Gasteiger partial charge is 0.315 e. The molecule has 64 valence electrons. The summed E-state index contributed by atoms with van der Waals surface area (Å²) in [5.41, 5.74) is 2.42. The first-order valence-electron chi connectivity index (χ1n) is 3.48. The summed E-state index contributed by atoms with van der Waals surface area (Å²) >= 11 is 8.53. The second-order valence-electron chi connectivity index (χ2n) is 2.53. The minimum atomic E-state index is 0.0266. The molecule has 1 aromatic rings. The van der Waals surface area contributed by atoms with E-state index in [0.717, 1.165) is 4.32 Å². The van der Waals surface area contributed by atoms with Crippen LogP contribution >= 0.6 is 40.6 Å². The molecule has 0 fully saturated rings. The van der Waals surface area contributed by atoms with Crippen molar-refractivity contribution in [1.29, 1.82) is 0 Å². The minimum absolute atomic E-state index is 0.0266. The van der Waals surface area contributed by atoms with Crippen LogP contribution < -0.4 is 4.31 Å². The van der Waals surface area contributed by atoms with Crippen molar-refractivity contribution in [2.75, 3.05) is 11.4 Å². The van der Waals surface area contributed by atoms with Crippen LogP contribution in [-0.2, 0) is 0 Å². The first-order valence-corrected chi connectivity index (χ1v) is 7.58. The zero-order valence-electron chi connectivity index (χ0n) is 6.42. The number of benzene rings is 1. The Balaban J connectivity index is 2.65. The molecule has 1 aromatic carbocycles. The molecule has 0 bridgehead atoms. The van der Waals surface area contributed by atoms with E-state index in [1.165, 1.54) is 11.3 Å². The van der Waals surface area contributed by atoms with E-state index in [0.29, 0.717) is 0 Å². The summed E-state index contributed by atoms with van der Waals surface area (Å²) in [5, 5.41) is 0. The van der Waals surface area contributed by atoms with E-state index in [-0.39, 0.29) is 7.84 Å². The van der Waals surface area contributed by atoms with Gasteiger partial charge in [0, 0.05) is 33.8 Å². The molecule has 2 rings (SSSR count). The summed E-state index contributed by atoms with van der Waals surface area (Å²) in [6, 6.07) is 8.23. The van der Waals surface area contributed by atoms with Crippen LogP contribution in [0.5, 0.6) is 0 Å². The van der Waals surface area contributed by atoms with Gasteiger partial charge in [-0.05, 0) is 13.9 Å². The SMILES string of the molecule is CN1c2ccccc2C(Cl)=S1I. The maximum Gasteiger partial charge on any atom is 0.102 e. The number of hydrogen-bond acceptors (Lipinski definition) is 1. The first kappa shape index (κ1) is 8.84. The monoisotopic (exact) mass is 311 g/mol. The Bertz CT molecular complexity index is 364. The zero-order chi connectivity index (χ0) is 8.72. The van der Waals surface area contributed by atoms with Gasteiger partial charge in [0.1, 0.15) is 4.32 Å². The Kier molecular flexibility index (Phi) is 2.35. The van der Waals surface area contributed by atoms with Crippen LogP contribution in [-0.4, -0.2) is 11.4 Å². The molecule has 0 amide bonds. The summed E-state index contributed by atoms with van der Waals surface area (Å²) in [6.07, 6.45) is 0. The van der Waals surface area contributed by atoms with Crippen molar-refractivity contribution in [3.63, 3.8) is 0 Å². The molecule has 1 heterocycles. The molecular weight excluding hydrogens is 305 g/mol. The van der Waals surface area contributed by atoms with Crippen LogP contribution in [0.1, 0.15) is 5.56 Å². The van der Waals surface area contributed by atoms with Crippen molar-refractivity contribution in [2.24, 2.45) is 0 Å². The standard InChI is InChI=1S/C8H7ClINS/c1-11-7-5-3-2-4-6(7)8(9)12(11)10/h2-5H,1H3. The van der Waals surface area contributed by atoms with Gasteiger partial charge in [-0.15, -0.1) is 0 Å². The van der Waals surface area contributed by atoms with Crippen molar-refractivity contribution in [1.82, 2.24) is 0 Å². The van der Waals surface area contributed by atoms with E-state index < -0.39 is 0 Å². The number of para-hydroxylation sites is 1. The Hall–Kier alpha value is 0.260. The van der Waals surface area contributed by atoms with Crippen molar-refractivity contribution >= 4 is 50.7 Å². The lowest BCUT2D eigenvalue weighted by Crippen LogP contribution is -2.01. The number of halogens is 2. The number of fused-ring (bicyclic) bond motifs is 1. The molecule has 12 heavy (non-hydrogen) atoms. The van der Waals surface area contributed by atoms with Gasteiger partial charge in [0.05, 0.1) is 5.69 Å². The van der Waals surface area contributed by atoms with Gasteiger partial charge < -0.3 is 4.31 Å². The normalized spacial score (nSPS) is 21.4. The maximum atomic E-state index is 6.17. The predicted octanol–water partition coefficient (Wildman–Crippen LogP) is 3.39. The average molecular weight is 312 g/mol. The molecular formula is C8H7ClINS. The molecule has 0 aliphatic carbocycles. The van der Waals surface area contributed by atoms with Gasteiger partial charge in [-0.2, -0.15) is 0 Å². The van der Waals surface area contributed by atoms with E-state index in [1.807, 2.05) is 12.1 Å².